The van der Waals surface area contributed by atoms with E-state index in [0.29, 0.717) is 28.8 Å². The van der Waals surface area contributed by atoms with E-state index >= 15 is 0 Å². The Hall–Kier alpha value is -2.62. The van der Waals surface area contributed by atoms with Gasteiger partial charge in [0, 0.05) is 24.2 Å². The molecule has 1 aliphatic heterocycles. The molecule has 0 spiro atoms. The first-order valence-corrected chi connectivity index (χ1v) is 12.0. The molecule has 0 radical (unpaired) electrons. The summed E-state index contributed by atoms with van der Waals surface area (Å²) in [4.78, 5) is 12.7. The predicted molar refractivity (Wildman–Crippen MR) is 117 cm³/mol. The van der Waals surface area contributed by atoms with E-state index in [1.807, 2.05) is 31.2 Å². The standard InChI is InChI=1S/C21H22N4O3S2/c1-15-5-7-17(8-6-15)20-23-24-21(29-20)22-19(26)16-9-11-18(12-10-16)30(27,28)25-13-3-2-4-14-25/h5-12H,2-4,13-14H2,1H3,(H,22,24,26). The molecule has 30 heavy (non-hydrogen) atoms. The van der Waals surface area contributed by atoms with Crippen LogP contribution in [-0.2, 0) is 10.0 Å². The highest BCUT2D eigenvalue weighted by Gasteiger charge is 2.26. The van der Waals surface area contributed by atoms with Crippen LogP contribution in [0.3, 0.4) is 0 Å². The molecule has 9 heteroatoms. The number of carbonyl (C=O) groups is 1. The number of hydrogen-bond acceptors (Lipinski definition) is 6. The lowest BCUT2D eigenvalue weighted by molar-refractivity contribution is 0.102. The van der Waals surface area contributed by atoms with Gasteiger partial charge in [-0.2, -0.15) is 4.31 Å². The zero-order valence-corrected chi connectivity index (χ0v) is 18.2. The molecule has 0 bridgehead atoms. The van der Waals surface area contributed by atoms with Gasteiger partial charge < -0.3 is 0 Å². The lowest BCUT2D eigenvalue weighted by atomic mass is 10.2. The molecule has 1 N–H and O–H groups in total. The summed E-state index contributed by atoms with van der Waals surface area (Å²) >= 11 is 1.28. The van der Waals surface area contributed by atoms with E-state index in [-0.39, 0.29) is 10.8 Å². The number of nitrogens with zero attached hydrogens (tertiary/aromatic N) is 3. The highest BCUT2D eigenvalue weighted by molar-refractivity contribution is 7.89. The number of aromatic nitrogens is 2. The third-order valence-corrected chi connectivity index (χ3v) is 7.81. The van der Waals surface area contributed by atoms with Crippen molar-refractivity contribution in [1.82, 2.24) is 14.5 Å². The van der Waals surface area contributed by atoms with Crippen LogP contribution in [0.1, 0.15) is 35.2 Å². The van der Waals surface area contributed by atoms with E-state index in [1.165, 1.54) is 39.9 Å². The fourth-order valence-corrected chi connectivity index (χ4v) is 5.55. The maximum atomic E-state index is 12.7. The van der Waals surface area contributed by atoms with Crippen LogP contribution in [0.25, 0.3) is 10.6 Å². The van der Waals surface area contributed by atoms with E-state index in [9.17, 15) is 13.2 Å². The van der Waals surface area contributed by atoms with Gasteiger partial charge >= 0.3 is 0 Å². The minimum Gasteiger partial charge on any atom is -0.296 e. The zero-order chi connectivity index (χ0) is 21.1. The van der Waals surface area contributed by atoms with Crippen molar-refractivity contribution in [3.8, 4) is 10.6 Å². The molecule has 3 aromatic rings. The summed E-state index contributed by atoms with van der Waals surface area (Å²) in [5.41, 5.74) is 2.45. The molecular formula is C21H22N4O3S2. The molecule has 0 saturated carbocycles. The summed E-state index contributed by atoms with van der Waals surface area (Å²) in [7, 11) is -3.51. The highest BCUT2D eigenvalue weighted by Crippen LogP contribution is 2.27. The first-order valence-electron chi connectivity index (χ1n) is 9.75. The van der Waals surface area contributed by atoms with E-state index in [0.717, 1.165) is 30.4 Å². The summed E-state index contributed by atoms with van der Waals surface area (Å²) in [6, 6.07) is 13.9. The first kappa shape index (κ1) is 20.6. The molecule has 156 valence electrons. The molecule has 1 aliphatic rings. The number of rotatable bonds is 5. The average Bonchev–Trinajstić information content (AvgIpc) is 3.23. The maximum absolute atomic E-state index is 12.7. The summed E-state index contributed by atoms with van der Waals surface area (Å²) < 4.78 is 27.0. The van der Waals surface area contributed by atoms with Gasteiger partial charge in [0.1, 0.15) is 5.01 Å². The van der Waals surface area contributed by atoms with Crippen molar-refractivity contribution in [1.29, 1.82) is 0 Å². The summed E-state index contributed by atoms with van der Waals surface area (Å²) in [6.45, 7) is 3.11. The van der Waals surface area contributed by atoms with Crippen LogP contribution in [0, 0.1) is 6.92 Å². The minimum atomic E-state index is -3.51. The van der Waals surface area contributed by atoms with Crippen LogP contribution < -0.4 is 5.32 Å². The Morgan fingerprint density at radius 3 is 2.30 bits per heavy atom. The normalized spacial score (nSPS) is 15.1. The van der Waals surface area contributed by atoms with Crippen LogP contribution in [0.5, 0.6) is 0 Å². The van der Waals surface area contributed by atoms with Crippen LogP contribution in [0.4, 0.5) is 5.13 Å². The number of piperidine rings is 1. The smallest absolute Gasteiger partial charge is 0.257 e. The minimum absolute atomic E-state index is 0.207. The summed E-state index contributed by atoms with van der Waals surface area (Å²) in [5, 5.41) is 12.0. The summed E-state index contributed by atoms with van der Waals surface area (Å²) in [5.74, 6) is -0.358. The Morgan fingerprint density at radius 2 is 1.63 bits per heavy atom. The van der Waals surface area contributed by atoms with Crippen molar-refractivity contribution in [2.45, 2.75) is 31.1 Å². The third kappa shape index (κ3) is 4.43. The van der Waals surface area contributed by atoms with Crippen LogP contribution in [-0.4, -0.2) is 41.9 Å². The van der Waals surface area contributed by atoms with Crippen molar-refractivity contribution in [3.05, 3.63) is 59.7 Å². The van der Waals surface area contributed by atoms with Crippen molar-refractivity contribution in [2.75, 3.05) is 18.4 Å². The molecule has 1 saturated heterocycles. The van der Waals surface area contributed by atoms with Gasteiger partial charge in [-0.1, -0.05) is 47.6 Å². The van der Waals surface area contributed by atoms with Crippen LogP contribution >= 0.6 is 11.3 Å². The van der Waals surface area contributed by atoms with Gasteiger partial charge in [0.15, 0.2) is 0 Å². The molecule has 4 rings (SSSR count). The first-order chi connectivity index (χ1) is 14.4. The molecule has 2 aromatic carbocycles. The molecular weight excluding hydrogens is 420 g/mol. The molecule has 1 amide bonds. The van der Waals surface area contributed by atoms with E-state index in [4.69, 9.17) is 0 Å². The van der Waals surface area contributed by atoms with Crippen LogP contribution in [0.2, 0.25) is 0 Å². The van der Waals surface area contributed by atoms with Gasteiger partial charge in [0.2, 0.25) is 15.2 Å². The maximum Gasteiger partial charge on any atom is 0.257 e. The second-order valence-electron chi connectivity index (χ2n) is 7.22. The molecule has 7 nitrogen and oxygen atoms in total. The van der Waals surface area contributed by atoms with Crippen molar-refractivity contribution < 1.29 is 13.2 Å². The lowest BCUT2D eigenvalue weighted by Gasteiger charge is -2.25. The Bertz CT molecular complexity index is 1130. The SMILES string of the molecule is Cc1ccc(-c2nnc(NC(=O)c3ccc(S(=O)(=O)N4CCCCC4)cc3)s2)cc1. The Labute approximate surface area is 179 Å². The topological polar surface area (TPSA) is 92.3 Å². The molecule has 1 aromatic heterocycles. The monoisotopic (exact) mass is 442 g/mol. The number of amides is 1. The third-order valence-electron chi connectivity index (χ3n) is 5.01. The van der Waals surface area contributed by atoms with Gasteiger partial charge in [-0.15, -0.1) is 10.2 Å². The average molecular weight is 443 g/mol. The lowest BCUT2D eigenvalue weighted by Crippen LogP contribution is -2.35. The van der Waals surface area contributed by atoms with E-state index < -0.39 is 10.0 Å². The fourth-order valence-electron chi connectivity index (χ4n) is 3.29. The number of benzene rings is 2. The van der Waals surface area contributed by atoms with Gasteiger partial charge in [-0.05, 0) is 44.0 Å². The number of sulfonamides is 1. The Balaban J connectivity index is 1.45. The number of anilines is 1. The highest BCUT2D eigenvalue weighted by atomic mass is 32.2. The van der Waals surface area contributed by atoms with E-state index in [1.54, 1.807) is 0 Å². The zero-order valence-electron chi connectivity index (χ0n) is 16.5. The van der Waals surface area contributed by atoms with Gasteiger partial charge in [-0.25, -0.2) is 8.42 Å². The van der Waals surface area contributed by atoms with Crippen molar-refractivity contribution >= 4 is 32.4 Å². The van der Waals surface area contributed by atoms with Gasteiger partial charge in [0.05, 0.1) is 4.90 Å². The van der Waals surface area contributed by atoms with E-state index in [2.05, 4.69) is 15.5 Å². The second-order valence-corrected chi connectivity index (χ2v) is 10.1. The Kier molecular flexibility index (Phi) is 5.94. The Morgan fingerprint density at radius 1 is 0.967 bits per heavy atom. The molecule has 0 atom stereocenters. The number of aryl methyl sites for hydroxylation is 1. The second kappa shape index (κ2) is 8.63. The van der Waals surface area contributed by atoms with Crippen molar-refractivity contribution in [2.24, 2.45) is 0 Å². The molecule has 0 aliphatic carbocycles. The number of carbonyl (C=O) groups excluding carboxylic acids is 1. The van der Waals surface area contributed by atoms with Gasteiger partial charge in [0.25, 0.3) is 5.91 Å². The largest absolute Gasteiger partial charge is 0.296 e. The quantitative estimate of drug-likeness (QED) is 0.646. The van der Waals surface area contributed by atoms with Crippen molar-refractivity contribution in [3.63, 3.8) is 0 Å². The van der Waals surface area contributed by atoms with Crippen LogP contribution in [0.15, 0.2) is 53.4 Å². The molecule has 1 fully saturated rings. The predicted octanol–water partition coefficient (Wildman–Crippen LogP) is 3.94. The summed E-state index contributed by atoms with van der Waals surface area (Å²) in [6.07, 6.45) is 2.82. The number of nitrogens with one attached hydrogen (secondary N) is 1. The van der Waals surface area contributed by atoms with Gasteiger partial charge in [-0.3, -0.25) is 10.1 Å². The number of hydrogen-bond donors (Lipinski definition) is 1. The molecule has 2 heterocycles. The fraction of sp³-hybridized carbons (Fsp3) is 0.286. The molecule has 0 unspecified atom stereocenters.